The number of H-pyrrole nitrogens is 1. The van der Waals surface area contributed by atoms with Crippen molar-refractivity contribution in [2.24, 2.45) is 0 Å². The van der Waals surface area contributed by atoms with Gasteiger partial charge < -0.3 is 9.72 Å². The predicted molar refractivity (Wildman–Crippen MR) is 142 cm³/mol. The Morgan fingerprint density at radius 1 is 0.886 bits per heavy atom. The van der Waals surface area contributed by atoms with Gasteiger partial charge in [-0.25, -0.2) is 0 Å². The summed E-state index contributed by atoms with van der Waals surface area (Å²) in [6, 6.07) is 31.4. The Morgan fingerprint density at radius 3 is 2.43 bits per heavy atom. The number of aromatic nitrogens is 3. The highest BCUT2D eigenvalue weighted by molar-refractivity contribution is 5.66. The molecule has 1 N–H and O–H groups in total. The van der Waals surface area contributed by atoms with Crippen molar-refractivity contribution in [1.29, 1.82) is 0 Å². The van der Waals surface area contributed by atoms with Crippen molar-refractivity contribution in [2.45, 2.75) is 39.2 Å². The first-order chi connectivity index (χ1) is 17.3. The van der Waals surface area contributed by atoms with E-state index in [1.54, 1.807) is 0 Å². The Hall–Kier alpha value is -4.05. The Bertz CT molecular complexity index is 1320. The molecule has 2 aromatic carbocycles. The third-order valence-electron chi connectivity index (χ3n) is 6.29. The molecule has 35 heavy (non-hydrogen) atoms. The Labute approximate surface area is 207 Å². The van der Waals surface area contributed by atoms with E-state index in [2.05, 4.69) is 88.2 Å². The molecule has 0 atom stereocenters. The number of nitrogens with zero attached hydrogens (tertiary/aromatic N) is 2. The van der Waals surface area contributed by atoms with E-state index in [0.29, 0.717) is 6.61 Å². The number of aromatic amines is 1. The van der Waals surface area contributed by atoms with Crippen molar-refractivity contribution in [3.8, 4) is 22.8 Å². The molecule has 0 unspecified atom stereocenters. The van der Waals surface area contributed by atoms with Crippen LogP contribution in [0.15, 0.2) is 103 Å². The van der Waals surface area contributed by atoms with Crippen molar-refractivity contribution in [3.63, 3.8) is 0 Å². The monoisotopic (exact) mass is 461 g/mol. The number of pyridine rings is 1. The summed E-state index contributed by atoms with van der Waals surface area (Å²) in [6.07, 6.45) is 8.03. The van der Waals surface area contributed by atoms with Crippen LogP contribution in [0, 0.1) is 0 Å². The number of hydrogen-bond donors (Lipinski definition) is 1. The van der Waals surface area contributed by atoms with Crippen LogP contribution >= 0.6 is 0 Å². The maximum absolute atomic E-state index is 6.03. The van der Waals surface area contributed by atoms with Gasteiger partial charge in [-0.3, -0.25) is 9.55 Å². The summed E-state index contributed by atoms with van der Waals surface area (Å²) in [7, 11) is 0. The van der Waals surface area contributed by atoms with Crippen molar-refractivity contribution >= 4 is 0 Å². The highest BCUT2D eigenvalue weighted by atomic mass is 16.5. The zero-order chi connectivity index (χ0) is 23.9. The summed E-state index contributed by atoms with van der Waals surface area (Å²) in [4.78, 5) is 8.04. The van der Waals surface area contributed by atoms with E-state index in [1.807, 2.05) is 36.7 Å². The second-order valence-electron chi connectivity index (χ2n) is 8.79. The molecule has 3 heterocycles. The van der Waals surface area contributed by atoms with Crippen molar-refractivity contribution in [2.75, 3.05) is 0 Å². The standard InChI is InChI=1S/C31H31N3O/c1-2-3-12-26-21-29(25-15-17-28(18-16-25)35-23-24-10-5-4-6-11-24)34(31-14-9-20-33-31)30(26)22-27-13-7-8-19-32-27/h4-11,13-21,33H,2-3,12,22-23H2,1H3. The van der Waals surface area contributed by atoms with E-state index in [9.17, 15) is 0 Å². The van der Waals surface area contributed by atoms with Crippen LogP contribution in [0.25, 0.3) is 17.1 Å². The lowest BCUT2D eigenvalue weighted by atomic mass is 10.0. The summed E-state index contributed by atoms with van der Waals surface area (Å²) in [5, 5.41) is 0. The van der Waals surface area contributed by atoms with Gasteiger partial charge in [0.2, 0.25) is 0 Å². The number of hydrogen-bond acceptors (Lipinski definition) is 2. The predicted octanol–water partition coefficient (Wildman–Crippen LogP) is 7.38. The minimum Gasteiger partial charge on any atom is -0.489 e. The van der Waals surface area contributed by atoms with Gasteiger partial charge in [0, 0.05) is 30.2 Å². The number of unbranched alkanes of at least 4 members (excludes halogenated alkanes) is 1. The van der Waals surface area contributed by atoms with Crippen LogP contribution in [-0.2, 0) is 19.4 Å². The van der Waals surface area contributed by atoms with Gasteiger partial charge in [-0.15, -0.1) is 0 Å². The second-order valence-corrected chi connectivity index (χ2v) is 8.79. The zero-order valence-electron chi connectivity index (χ0n) is 20.2. The average Bonchev–Trinajstić information content (AvgIpc) is 3.56. The SMILES string of the molecule is CCCCc1cc(-c2ccc(OCc3ccccc3)cc2)n(-c2ccc[nH]2)c1Cc1ccccn1. The van der Waals surface area contributed by atoms with E-state index in [0.717, 1.165) is 47.7 Å². The van der Waals surface area contributed by atoms with Crippen LogP contribution < -0.4 is 4.74 Å². The number of nitrogens with one attached hydrogen (secondary N) is 1. The van der Waals surface area contributed by atoms with Crippen LogP contribution in [0.3, 0.4) is 0 Å². The van der Waals surface area contributed by atoms with Gasteiger partial charge >= 0.3 is 0 Å². The molecule has 4 heteroatoms. The van der Waals surface area contributed by atoms with E-state index in [4.69, 9.17) is 4.74 Å². The fourth-order valence-electron chi connectivity index (χ4n) is 4.46. The first kappa shape index (κ1) is 22.7. The molecule has 0 aliphatic rings. The number of aryl methyl sites for hydroxylation is 1. The highest BCUT2D eigenvalue weighted by Gasteiger charge is 2.19. The molecule has 0 spiro atoms. The minimum atomic E-state index is 0.564. The lowest BCUT2D eigenvalue weighted by Gasteiger charge is -2.14. The van der Waals surface area contributed by atoms with Crippen molar-refractivity contribution in [3.05, 3.63) is 126 Å². The molecule has 0 amide bonds. The van der Waals surface area contributed by atoms with Gasteiger partial charge in [0.25, 0.3) is 0 Å². The third kappa shape index (κ3) is 5.38. The van der Waals surface area contributed by atoms with E-state index in [1.165, 1.54) is 23.4 Å². The first-order valence-electron chi connectivity index (χ1n) is 12.4. The summed E-state index contributed by atoms with van der Waals surface area (Å²) in [6.45, 7) is 2.81. The molecule has 0 bridgehead atoms. The molecule has 0 aliphatic carbocycles. The van der Waals surface area contributed by atoms with E-state index >= 15 is 0 Å². The van der Waals surface area contributed by atoms with Gasteiger partial charge in [0.1, 0.15) is 18.2 Å². The molecular formula is C31H31N3O. The van der Waals surface area contributed by atoms with Crippen LogP contribution in [0.2, 0.25) is 0 Å². The Balaban J connectivity index is 1.50. The lowest BCUT2D eigenvalue weighted by Crippen LogP contribution is -2.06. The fourth-order valence-corrected chi connectivity index (χ4v) is 4.46. The summed E-state index contributed by atoms with van der Waals surface area (Å²) < 4.78 is 8.39. The largest absolute Gasteiger partial charge is 0.489 e. The van der Waals surface area contributed by atoms with Gasteiger partial charge in [0.15, 0.2) is 0 Å². The molecule has 0 fully saturated rings. The molecule has 3 aromatic heterocycles. The molecule has 0 saturated heterocycles. The van der Waals surface area contributed by atoms with Crippen LogP contribution in [0.4, 0.5) is 0 Å². The lowest BCUT2D eigenvalue weighted by molar-refractivity contribution is 0.306. The fraction of sp³-hybridized carbons (Fsp3) is 0.194. The molecular weight excluding hydrogens is 430 g/mol. The number of benzene rings is 2. The normalized spacial score (nSPS) is 11.0. The van der Waals surface area contributed by atoms with Crippen LogP contribution in [-0.4, -0.2) is 14.5 Å². The third-order valence-corrected chi connectivity index (χ3v) is 6.29. The van der Waals surface area contributed by atoms with Crippen molar-refractivity contribution < 1.29 is 4.74 Å². The van der Waals surface area contributed by atoms with Crippen LogP contribution in [0.5, 0.6) is 5.75 Å². The number of ether oxygens (including phenoxy) is 1. The first-order valence-corrected chi connectivity index (χ1v) is 12.4. The summed E-state index contributed by atoms with van der Waals surface area (Å²) in [5.41, 5.74) is 7.26. The summed E-state index contributed by atoms with van der Waals surface area (Å²) in [5.74, 6) is 1.94. The quantitative estimate of drug-likeness (QED) is 0.236. The highest BCUT2D eigenvalue weighted by Crippen LogP contribution is 2.32. The minimum absolute atomic E-state index is 0.564. The van der Waals surface area contributed by atoms with Gasteiger partial charge in [0.05, 0.1) is 5.69 Å². The summed E-state index contributed by atoms with van der Waals surface area (Å²) >= 11 is 0. The van der Waals surface area contributed by atoms with Crippen molar-refractivity contribution in [1.82, 2.24) is 14.5 Å². The molecule has 4 nitrogen and oxygen atoms in total. The molecule has 5 aromatic rings. The second kappa shape index (κ2) is 10.9. The van der Waals surface area contributed by atoms with Crippen LogP contribution in [0.1, 0.15) is 42.3 Å². The maximum atomic E-state index is 6.03. The van der Waals surface area contributed by atoms with E-state index < -0.39 is 0 Å². The van der Waals surface area contributed by atoms with Gasteiger partial charge in [-0.1, -0.05) is 49.7 Å². The Morgan fingerprint density at radius 2 is 1.71 bits per heavy atom. The molecule has 0 saturated carbocycles. The van der Waals surface area contributed by atoms with Gasteiger partial charge in [-0.2, -0.15) is 0 Å². The van der Waals surface area contributed by atoms with Gasteiger partial charge in [-0.05, 0) is 84.1 Å². The smallest absolute Gasteiger partial charge is 0.119 e. The maximum Gasteiger partial charge on any atom is 0.119 e. The zero-order valence-corrected chi connectivity index (χ0v) is 20.2. The van der Waals surface area contributed by atoms with E-state index in [-0.39, 0.29) is 0 Å². The molecule has 0 aliphatic heterocycles. The Kier molecular flexibility index (Phi) is 7.09. The molecule has 5 rings (SSSR count). The molecule has 0 radical (unpaired) electrons. The molecule has 176 valence electrons. The number of rotatable bonds is 10. The average molecular weight is 462 g/mol. The topological polar surface area (TPSA) is 42.8 Å².